The van der Waals surface area contributed by atoms with Crippen molar-refractivity contribution >= 4 is 27.6 Å². The van der Waals surface area contributed by atoms with E-state index in [1.54, 1.807) is 12.4 Å². The van der Waals surface area contributed by atoms with E-state index in [4.69, 9.17) is 11.1 Å². The molecule has 3 rings (SSSR count). The quantitative estimate of drug-likeness (QED) is 0.625. The van der Waals surface area contributed by atoms with Gasteiger partial charge in [0.05, 0.1) is 11.7 Å². The Morgan fingerprint density at radius 1 is 1.42 bits per heavy atom. The molecule has 5 heteroatoms. The Labute approximate surface area is 110 Å². The number of H-pyrrole nitrogens is 1. The molecule has 0 spiro atoms. The zero-order chi connectivity index (χ0) is 13.4. The van der Waals surface area contributed by atoms with E-state index in [1.807, 2.05) is 25.3 Å². The fraction of sp³-hybridized carbons (Fsp3) is 0.214. The first kappa shape index (κ1) is 11.8. The van der Waals surface area contributed by atoms with Crippen LogP contribution in [0, 0.1) is 5.41 Å². The van der Waals surface area contributed by atoms with Gasteiger partial charge in [-0.2, -0.15) is 0 Å². The number of fused-ring (bicyclic) bond motifs is 3. The van der Waals surface area contributed by atoms with Crippen molar-refractivity contribution in [3.63, 3.8) is 0 Å². The highest BCUT2D eigenvalue weighted by Crippen LogP contribution is 2.25. The lowest BCUT2D eigenvalue weighted by molar-refractivity contribution is 0.777. The number of hydrogen-bond acceptors (Lipinski definition) is 4. The van der Waals surface area contributed by atoms with Gasteiger partial charge in [-0.25, -0.2) is 4.98 Å². The summed E-state index contributed by atoms with van der Waals surface area (Å²) in [5.74, 6) is 0. The molecule has 1 atom stereocenters. The summed E-state index contributed by atoms with van der Waals surface area (Å²) in [5, 5.41) is 10.2. The Kier molecular flexibility index (Phi) is 2.76. The first-order valence-corrected chi connectivity index (χ1v) is 6.21. The summed E-state index contributed by atoms with van der Waals surface area (Å²) >= 11 is 0. The standard InChI is InChI=1S/C14H15N5/c1-8(15)6-11(16)9-2-4-17-12-7-19-14-10(13(9)12)3-5-18-14/h2-5,7-8,16H,6,15H2,1H3,(H,18,19). The van der Waals surface area contributed by atoms with E-state index in [0.717, 1.165) is 27.5 Å². The fourth-order valence-corrected chi connectivity index (χ4v) is 2.34. The molecule has 0 aliphatic heterocycles. The summed E-state index contributed by atoms with van der Waals surface area (Å²) in [6.45, 7) is 1.91. The zero-order valence-corrected chi connectivity index (χ0v) is 10.6. The predicted molar refractivity (Wildman–Crippen MR) is 76.5 cm³/mol. The van der Waals surface area contributed by atoms with Crippen LogP contribution in [0.4, 0.5) is 0 Å². The third kappa shape index (κ3) is 1.98. The van der Waals surface area contributed by atoms with Crippen LogP contribution in [-0.2, 0) is 0 Å². The molecule has 1 unspecified atom stereocenters. The number of aromatic amines is 1. The van der Waals surface area contributed by atoms with E-state index in [0.29, 0.717) is 12.1 Å². The van der Waals surface area contributed by atoms with Gasteiger partial charge in [-0.1, -0.05) is 0 Å². The van der Waals surface area contributed by atoms with Gasteiger partial charge in [0.2, 0.25) is 0 Å². The maximum Gasteiger partial charge on any atom is 0.138 e. The molecule has 3 heterocycles. The van der Waals surface area contributed by atoms with Crippen molar-refractivity contribution < 1.29 is 0 Å². The average Bonchev–Trinajstić information content (AvgIpc) is 2.85. The van der Waals surface area contributed by atoms with Crippen LogP contribution in [0.1, 0.15) is 18.9 Å². The van der Waals surface area contributed by atoms with Crippen LogP contribution in [-0.4, -0.2) is 26.7 Å². The lowest BCUT2D eigenvalue weighted by atomic mass is 9.99. The highest BCUT2D eigenvalue weighted by molar-refractivity contribution is 6.16. The minimum Gasteiger partial charge on any atom is -0.346 e. The summed E-state index contributed by atoms with van der Waals surface area (Å²) in [7, 11) is 0. The highest BCUT2D eigenvalue weighted by atomic mass is 14.8. The minimum atomic E-state index is -0.0285. The predicted octanol–water partition coefficient (Wildman–Crippen LogP) is 2.22. The fourth-order valence-electron chi connectivity index (χ4n) is 2.34. The maximum absolute atomic E-state index is 8.23. The second kappa shape index (κ2) is 4.44. The molecule has 19 heavy (non-hydrogen) atoms. The van der Waals surface area contributed by atoms with Crippen molar-refractivity contribution in [2.75, 3.05) is 0 Å². The SMILES string of the molecule is CC(N)CC(=N)c1ccnc2cnc3[nH]ccc3c12. The van der Waals surface area contributed by atoms with Crippen molar-refractivity contribution in [3.8, 4) is 0 Å². The van der Waals surface area contributed by atoms with Gasteiger partial charge in [0.25, 0.3) is 0 Å². The average molecular weight is 253 g/mol. The molecule has 96 valence electrons. The number of nitrogens with zero attached hydrogens (tertiary/aromatic N) is 2. The molecular weight excluding hydrogens is 238 g/mol. The smallest absolute Gasteiger partial charge is 0.138 e. The molecule has 0 aromatic carbocycles. The molecule has 0 bridgehead atoms. The van der Waals surface area contributed by atoms with Crippen LogP contribution in [0.2, 0.25) is 0 Å². The summed E-state index contributed by atoms with van der Waals surface area (Å²) in [5.41, 5.74) is 8.83. The van der Waals surface area contributed by atoms with E-state index in [9.17, 15) is 0 Å². The van der Waals surface area contributed by atoms with Crippen molar-refractivity contribution in [3.05, 3.63) is 36.3 Å². The van der Waals surface area contributed by atoms with Gasteiger partial charge in [0.1, 0.15) is 5.65 Å². The normalized spacial score (nSPS) is 12.9. The molecule has 0 amide bonds. The monoisotopic (exact) mass is 253 g/mol. The van der Waals surface area contributed by atoms with E-state index < -0.39 is 0 Å². The Balaban J connectivity index is 2.29. The highest BCUT2D eigenvalue weighted by Gasteiger charge is 2.12. The van der Waals surface area contributed by atoms with Crippen LogP contribution in [0.5, 0.6) is 0 Å². The number of nitrogens with two attached hydrogens (primary N) is 1. The largest absolute Gasteiger partial charge is 0.346 e. The number of pyridine rings is 2. The lowest BCUT2D eigenvalue weighted by Gasteiger charge is -2.10. The van der Waals surface area contributed by atoms with Crippen LogP contribution in [0.25, 0.3) is 21.9 Å². The zero-order valence-electron chi connectivity index (χ0n) is 10.6. The second-order valence-corrected chi connectivity index (χ2v) is 4.78. The number of rotatable bonds is 3. The first-order chi connectivity index (χ1) is 9.16. The van der Waals surface area contributed by atoms with Gasteiger partial charge in [-0.05, 0) is 19.1 Å². The minimum absolute atomic E-state index is 0.0285. The molecule has 0 radical (unpaired) electrons. The third-order valence-electron chi connectivity index (χ3n) is 3.14. The van der Waals surface area contributed by atoms with E-state index in [2.05, 4.69) is 15.0 Å². The van der Waals surface area contributed by atoms with E-state index in [-0.39, 0.29) is 6.04 Å². The van der Waals surface area contributed by atoms with Crippen LogP contribution >= 0.6 is 0 Å². The molecule has 4 N–H and O–H groups in total. The van der Waals surface area contributed by atoms with Crippen molar-refractivity contribution in [1.82, 2.24) is 15.0 Å². The van der Waals surface area contributed by atoms with Crippen molar-refractivity contribution in [2.45, 2.75) is 19.4 Å². The lowest BCUT2D eigenvalue weighted by Crippen LogP contribution is -2.19. The molecular formula is C14H15N5. The number of hydrogen-bond donors (Lipinski definition) is 3. The summed E-state index contributed by atoms with van der Waals surface area (Å²) in [6.07, 6.45) is 5.85. The first-order valence-electron chi connectivity index (χ1n) is 6.21. The molecule has 0 saturated carbocycles. The maximum atomic E-state index is 8.23. The van der Waals surface area contributed by atoms with Gasteiger partial charge in [-0.15, -0.1) is 0 Å². The summed E-state index contributed by atoms with van der Waals surface area (Å²) < 4.78 is 0. The van der Waals surface area contributed by atoms with E-state index >= 15 is 0 Å². The second-order valence-electron chi connectivity index (χ2n) is 4.78. The Hall–Kier alpha value is -2.27. The van der Waals surface area contributed by atoms with Gasteiger partial charge in [0.15, 0.2) is 0 Å². The molecule has 0 fully saturated rings. The number of nitrogens with one attached hydrogen (secondary N) is 2. The number of aromatic nitrogens is 3. The summed E-state index contributed by atoms with van der Waals surface area (Å²) in [6, 6.07) is 3.81. The van der Waals surface area contributed by atoms with E-state index in [1.165, 1.54) is 0 Å². The van der Waals surface area contributed by atoms with Crippen molar-refractivity contribution in [2.24, 2.45) is 5.73 Å². The Morgan fingerprint density at radius 3 is 3.05 bits per heavy atom. The molecule has 0 aliphatic rings. The molecule has 3 aromatic heterocycles. The van der Waals surface area contributed by atoms with Gasteiger partial charge in [0, 0.05) is 46.9 Å². The van der Waals surface area contributed by atoms with Crippen LogP contribution in [0.3, 0.4) is 0 Å². The van der Waals surface area contributed by atoms with Crippen LogP contribution in [0.15, 0.2) is 30.7 Å². The molecule has 5 nitrogen and oxygen atoms in total. The Bertz CT molecular complexity index is 757. The Morgan fingerprint density at radius 2 is 2.26 bits per heavy atom. The molecule has 0 aliphatic carbocycles. The summed E-state index contributed by atoms with van der Waals surface area (Å²) in [4.78, 5) is 11.7. The molecule has 0 saturated heterocycles. The van der Waals surface area contributed by atoms with Gasteiger partial charge >= 0.3 is 0 Å². The third-order valence-corrected chi connectivity index (χ3v) is 3.14. The van der Waals surface area contributed by atoms with Gasteiger partial charge in [-0.3, -0.25) is 4.98 Å². The topological polar surface area (TPSA) is 91.4 Å². The van der Waals surface area contributed by atoms with Gasteiger partial charge < -0.3 is 16.1 Å². The molecule has 3 aromatic rings. The van der Waals surface area contributed by atoms with Crippen LogP contribution < -0.4 is 5.73 Å². The van der Waals surface area contributed by atoms with Crippen molar-refractivity contribution in [1.29, 1.82) is 5.41 Å².